The minimum absolute atomic E-state index is 0.0320. The van der Waals surface area contributed by atoms with E-state index in [0.29, 0.717) is 13.0 Å². The Kier molecular flexibility index (Phi) is 6.93. The SMILES string of the molecule is CN1CCN(c2ccc(CCCNS(=O)(=O)c3ccc(F)c(Cl)c3)cc2)CC1. The van der Waals surface area contributed by atoms with Crippen LogP contribution >= 0.6 is 11.6 Å². The number of anilines is 1. The summed E-state index contributed by atoms with van der Waals surface area (Å²) in [6.07, 6.45) is 1.44. The fourth-order valence-corrected chi connectivity index (χ4v) is 4.51. The van der Waals surface area contributed by atoms with Crippen molar-refractivity contribution in [2.45, 2.75) is 17.7 Å². The standard InChI is InChI=1S/C20H25ClFN3O2S/c1-24-11-13-25(14-12-24)17-6-4-16(5-7-17)3-2-10-23-28(26,27)18-8-9-20(22)19(21)15-18/h4-9,15,23H,2-3,10-14H2,1H3. The van der Waals surface area contributed by atoms with Gasteiger partial charge >= 0.3 is 0 Å². The van der Waals surface area contributed by atoms with Crippen LogP contribution in [0.1, 0.15) is 12.0 Å². The van der Waals surface area contributed by atoms with Crippen molar-refractivity contribution in [1.29, 1.82) is 0 Å². The molecule has 2 aromatic rings. The Labute approximate surface area is 171 Å². The van der Waals surface area contributed by atoms with Gasteiger partial charge in [0.2, 0.25) is 10.0 Å². The summed E-state index contributed by atoms with van der Waals surface area (Å²) in [5.41, 5.74) is 2.40. The molecule has 0 spiro atoms. The fourth-order valence-electron chi connectivity index (χ4n) is 3.16. The van der Waals surface area contributed by atoms with Gasteiger partial charge in [0, 0.05) is 38.4 Å². The van der Waals surface area contributed by atoms with Crippen LogP contribution in [0.25, 0.3) is 0 Å². The topological polar surface area (TPSA) is 52.6 Å². The molecule has 0 amide bonds. The van der Waals surface area contributed by atoms with Crippen molar-refractivity contribution in [1.82, 2.24) is 9.62 Å². The molecular formula is C20H25ClFN3O2S. The monoisotopic (exact) mass is 425 g/mol. The summed E-state index contributed by atoms with van der Waals surface area (Å²) in [5, 5.41) is -0.205. The lowest BCUT2D eigenvalue weighted by Gasteiger charge is -2.34. The quantitative estimate of drug-likeness (QED) is 0.692. The van der Waals surface area contributed by atoms with Crippen LogP contribution in [-0.2, 0) is 16.4 Å². The maximum atomic E-state index is 13.2. The highest BCUT2D eigenvalue weighted by Gasteiger charge is 2.16. The van der Waals surface area contributed by atoms with E-state index in [1.54, 1.807) is 0 Å². The second-order valence-corrected chi connectivity index (χ2v) is 9.21. The zero-order chi connectivity index (χ0) is 20.1. The van der Waals surface area contributed by atoms with Crippen LogP contribution in [-0.4, -0.2) is 53.1 Å². The molecule has 28 heavy (non-hydrogen) atoms. The van der Waals surface area contributed by atoms with Crippen molar-refractivity contribution >= 4 is 27.3 Å². The summed E-state index contributed by atoms with van der Waals surface area (Å²) >= 11 is 5.66. The van der Waals surface area contributed by atoms with Gasteiger partial charge in [0.05, 0.1) is 9.92 Å². The van der Waals surface area contributed by atoms with Crippen LogP contribution in [0.4, 0.5) is 10.1 Å². The third kappa shape index (κ3) is 5.44. The molecule has 1 heterocycles. The van der Waals surface area contributed by atoms with E-state index in [2.05, 4.69) is 45.8 Å². The highest BCUT2D eigenvalue weighted by Crippen LogP contribution is 2.20. The van der Waals surface area contributed by atoms with Gasteiger partial charge in [0.1, 0.15) is 5.82 Å². The van der Waals surface area contributed by atoms with Crippen molar-refractivity contribution in [3.63, 3.8) is 0 Å². The minimum atomic E-state index is -3.69. The summed E-state index contributed by atoms with van der Waals surface area (Å²) in [5.74, 6) is -0.638. The number of rotatable bonds is 7. The summed E-state index contributed by atoms with van der Waals surface area (Å²) in [6.45, 7) is 4.51. The fraction of sp³-hybridized carbons (Fsp3) is 0.400. The first-order valence-electron chi connectivity index (χ1n) is 9.32. The molecule has 3 rings (SSSR count). The van der Waals surface area contributed by atoms with E-state index in [1.165, 1.54) is 17.3 Å². The molecule has 0 unspecified atom stereocenters. The molecule has 1 saturated heterocycles. The van der Waals surface area contributed by atoms with Crippen molar-refractivity contribution in [2.24, 2.45) is 0 Å². The van der Waals surface area contributed by atoms with Crippen LogP contribution < -0.4 is 9.62 Å². The molecule has 2 aromatic carbocycles. The summed E-state index contributed by atoms with van der Waals surface area (Å²) in [4.78, 5) is 4.67. The predicted molar refractivity (Wildman–Crippen MR) is 111 cm³/mol. The third-order valence-corrected chi connectivity index (χ3v) is 6.69. The number of hydrogen-bond acceptors (Lipinski definition) is 4. The van der Waals surface area contributed by atoms with E-state index >= 15 is 0 Å². The lowest BCUT2D eigenvalue weighted by atomic mass is 10.1. The molecule has 1 aliphatic heterocycles. The van der Waals surface area contributed by atoms with E-state index < -0.39 is 15.8 Å². The van der Waals surface area contributed by atoms with Gasteiger partial charge < -0.3 is 9.80 Å². The molecular weight excluding hydrogens is 401 g/mol. The number of likely N-dealkylation sites (N-methyl/N-ethyl adjacent to an activating group) is 1. The van der Waals surface area contributed by atoms with Crippen LogP contribution in [0, 0.1) is 5.82 Å². The first kappa shape index (κ1) is 21.0. The van der Waals surface area contributed by atoms with Crippen LogP contribution in [0.15, 0.2) is 47.4 Å². The zero-order valence-corrected chi connectivity index (χ0v) is 17.4. The van der Waals surface area contributed by atoms with Crippen LogP contribution in [0.2, 0.25) is 5.02 Å². The lowest BCUT2D eigenvalue weighted by Crippen LogP contribution is -2.44. The maximum absolute atomic E-state index is 13.2. The van der Waals surface area contributed by atoms with Crippen molar-refractivity contribution in [2.75, 3.05) is 44.7 Å². The Morgan fingerprint density at radius 3 is 2.39 bits per heavy atom. The third-order valence-electron chi connectivity index (χ3n) is 4.94. The summed E-state index contributed by atoms with van der Waals surface area (Å²) in [6, 6.07) is 11.8. The number of sulfonamides is 1. The molecule has 0 bridgehead atoms. The second-order valence-electron chi connectivity index (χ2n) is 7.03. The van der Waals surface area contributed by atoms with E-state index in [0.717, 1.165) is 44.7 Å². The average molecular weight is 426 g/mol. The highest BCUT2D eigenvalue weighted by molar-refractivity contribution is 7.89. The number of piperazine rings is 1. The minimum Gasteiger partial charge on any atom is -0.369 e. The number of hydrogen-bond donors (Lipinski definition) is 1. The normalized spacial score (nSPS) is 15.8. The van der Waals surface area contributed by atoms with Gasteiger partial charge in [0.25, 0.3) is 0 Å². The summed E-state index contributed by atoms with van der Waals surface area (Å²) in [7, 11) is -1.55. The zero-order valence-electron chi connectivity index (χ0n) is 15.9. The lowest BCUT2D eigenvalue weighted by molar-refractivity contribution is 0.313. The van der Waals surface area contributed by atoms with Gasteiger partial charge in [0.15, 0.2) is 0 Å². The molecule has 0 aromatic heterocycles. The van der Waals surface area contributed by atoms with Crippen LogP contribution in [0.3, 0.4) is 0 Å². The molecule has 152 valence electrons. The second kappa shape index (κ2) is 9.22. The summed E-state index contributed by atoms with van der Waals surface area (Å²) < 4.78 is 40.2. The highest BCUT2D eigenvalue weighted by atomic mass is 35.5. The first-order valence-corrected chi connectivity index (χ1v) is 11.2. The van der Waals surface area contributed by atoms with E-state index in [9.17, 15) is 12.8 Å². The first-order chi connectivity index (χ1) is 13.3. The average Bonchev–Trinajstić information content (AvgIpc) is 2.68. The molecule has 0 saturated carbocycles. The van der Waals surface area contributed by atoms with E-state index in [4.69, 9.17) is 11.6 Å². The Morgan fingerprint density at radius 2 is 1.75 bits per heavy atom. The molecule has 1 aliphatic rings. The molecule has 1 N–H and O–H groups in total. The number of nitrogens with zero attached hydrogens (tertiary/aromatic N) is 2. The van der Waals surface area contributed by atoms with Crippen molar-refractivity contribution < 1.29 is 12.8 Å². The van der Waals surface area contributed by atoms with Crippen molar-refractivity contribution in [3.8, 4) is 0 Å². The Balaban J connectivity index is 1.47. The van der Waals surface area contributed by atoms with Gasteiger partial charge in [-0.1, -0.05) is 23.7 Å². The van der Waals surface area contributed by atoms with Crippen molar-refractivity contribution in [3.05, 3.63) is 58.9 Å². The predicted octanol–water partition coefficient (Wildman–Crippen LogP) is 3.14. The van der Waals surface area contributed by atoms with E-state index in [1.807, 2.05) is 0 Å². The largest absolute Gasteiger partial charge is 0.369 e. The smallest absolute Gasteiger partial charge is 0.240 e. The van der Waals surface area contributed by atoms with Gasteiger partial charge in [-0.15, -0.1) is 0 Å². The van der Waals surface area contributed by atoms with Crippen LogP contribution in [0.5, 0.6) is 0 Å². The Morgan fingerprint density at radius 1 is 1.07 bits per heavy atom. The number of nitrogens with one attached hydrogen (secondary N) is 1. The van der Waals surface area contributed by atoms with E-state index in [-0.39, 0.29) is 9.92 Å². The molecule has 1 fully saturated rings. The Hall–Kier alpha value is -1.67. The molecule has 8 heteroatoms. The molecule has 0 radical (unpaired) electrons. The number of aryl methyl sites for hydroxylation is 1. The number of benzene rings is 2. The van der Waals surface area contributed by atoms with Gasteiger partial charge in [-0.2, -0.15) is 0 Å². The van der Waals surface area contributed by atoms with Gasteiger partial charge in [-0.05, 0) is 55.8 Å². The Bertz CT molecular complexity index is 898. The number of halogens is 2. The molecule has 0 aliphatic carbocycles. The maximum Gasteiger partial charge on any atom is 0.240 e. The van der Waals surface area contributed by atoms with Gasteiger partial charge in [-0.3, -0.25) is 0 Å². The molecule has 0 atom stereocenters. The van der Waals surface area contributed by atoms with Gasteiger partial charge in [-0.25, -0.2) is 17.5 Å². The molecule has 5 nitrogen and oxygen atoms in total.